The van der Waals surface area contributed by atoms with Gasteiger partial charge in [-0.25, -0.2) is 8.78 Å². The van der Waals surface area contributed by atoms with E-state index in [2.05, 4.69) is 12.2 Å². The second-order valence-corrected chi connectivity index (χ2v) is 5.60. The van der Waals surface area contributed by atoms with Crippen molar-refractivity contribution in [2.24, 2.45) is 5.41 Å². The minimum absolute atomic E-state index is 0.0431. The van der Waals surface area contributed by atoms with Crippen LogP contribution in [-0.4, -0.2) is 7.05 Å². The first kappa shape index (κ1) is 13.5. The fourth-order valence-corrected chi connectivity index (χ4v) is 3.26. The molecule has 1 aromatic rings. The molecule has 0 radical (unpaired) electrons. The van der Waals surface area contributed by atoms with Gasteiger partial charge in [0.1, 0.15) is 11.6 Å². The van der Waals surface area contributed by atoms with E-state index >= 15 is 0 Å². The highest BCUT2D eigenvalue weighted by Gasteiger charge is 2.36. The van der Waals surface area contributed by atoms with E-state index in [-0.39, 0.29) is 11.5 Å². The predicted molar refractivity (Wildman–Crippen MR) is 69.4 cm³/mol. The third kappa shape index (κ3) is 2.56. The summed E-state index contributed by atoms with van der Waals surface area (Å²) in [7, 11) is 1.85. The molecule has 1 unspecified atom stereocenters. The molecule has 0 heterocycles. The van der Waals surface area contributed by atoms with E-state index in [4.69, 9.17) is 0 Å². The fraction of sp³-hybridized carbons (Fsp3) is 0.600. The molecule has 1 aliphatic rings. The maximum Gasteiger partial charge on any atom is 0.130 e. The van der Waals surface area contributed by atoms with Crippen LogP contribution in [0.15, 0.2) is 18.2 Å². The molecule has 1 atom stereocenters. The molecule has 3 heteroatoms. The fourth-order valence-electron chi connectivity index (χ4n) is 3.26. The lowest BCUT2D eigenvalue weighted by atomic mass is 9.68. The third-order valence-corrected chi connectivity index (χ3v) is 4.25. The van der Waals surface area contributed by atoms with Crippen molar-refractivity contribution in [3.63, 3.8) is 0 Å². The molecular formula is C15H21F2N. The van der Waals surface area contributed by atoms with Crippen molar-refractivity contribution in [3.8, 4) is 0 Å². The van der Waals surface area contributed by atoms with Gasteiger partial charge < -0.3 is 5.32 Å². The molecule has 1 fully saturated rings. The van der Waals surface area contributed by atoms with Gasteiger partial charge in [0.2, 0.25) is 0 Å². The Labute approximate surface area is 108 Å². The molecule has 1 aliphatic carbocycles. The third-order valence-electron chi connectivity index (χ3n) is 4.25. The molecule has 0 saturated heterocycles. The number of benzene rings is 1. The topological polar surface area (TPSA) is 12.0 Å². The minimum atomic E-state index is -0.514. The zero-order valence-electron chi connectivity index (χ0n) is 11.1. The van der Waals surface area contributed by atoms with Crippen LogP contribution in [0.25, 0.3) is 0 Å². The monoisotopic (exact) mass is 253 g/mol. The van der Waals surface area contributed by atoms with Crippen LogP contribution in [-0.2, 0) is 0 Å². The lowest BCUT2D eigenvalue weighted by Gasteiger charge is -2.41. The summed E-state index contributed by atoms with van der Waals surface area (Å²) in [4.78, 5) is 0. The van der Waals surface area contributed by atoms with Crippen LogP contribution in [0.5, 0.6) is 0 Å². The highest BCUT2D eigenvalue weighted by Crippen LogP contribution is 2.45. The Morgan fingerprint density at radius 1 is 1.17 bits per heavy atom. The molecule has 0 bridgehead atoms. The normalized spacial score (nSPS) is 20.7. The predicted octanol–water partition coefficient (Wildman–Crippen LogP) is 4.20. The summed E-state index contributed by atoms with van der Waals surface area (Å²) < 4.78 is 26.9. The van der Waals surface area contributed by atoms with Gasteiger partial charge in [0.15, 0.2) is 0 Å². The second-order valence-electron chi connectivity index (χ2n) is 5.60. The van der Waals surface area contributed by atoms with Gasteiger partial charge in [-0.15, -0.1) is 0 Å². The van der Waals surface area contributed by atoms with Crippen molar-refractivity contribution >= 4 is 0 Å². The molecule has 1 N–H and O–H groups in total. The van der Waals surface area contributed by atoms with Crippen molar-refractivity contribution < 1.29 is 8.78 Å². The van der Waals surface area contributed by atoms with Crippen LogP contribution >= 0.6 is 0 Å². The molecule has 18 heavy (non-hydrogen) atoms. The highest BCUT2D eigenvalue weighted by molar-refractivity contribution is 5.24. The smallest absolute Gasteiger partial charge is 0.130 e. The first-order valence-electron chi connectivity index (χ1n) is 6.69. The molecule has 1 nitrogen and oxygen atoms in total. The van der Waals surface area contributed by atoms with E-state index in [1.165, 1.54) is 25.3 Å². The molecular weight excluding hydrogens is 232 g/mol. The largest absolute Gasteiger partial charge is 0.312 e. The maximum atomic E-state index is 13.9. The Balaban J connectivity index is 2.32. The zero-order valence-corrected chi connectivity index (χ0v) is 11.1. The molecule has 1 saturated carbocycles. The average molecular weight is 253 g/mol. The van der Waals surface area contributed by atoms with Gasteiger partial charge in [-0.05, 0) is 31.4 Å². The molecule has 0 amide bonds. The van der Waals surface area contributed by atoms with Crippen molar-refractivity contribution in [3.05, 3.63) is 35.4 Å². The standard InChI is InChI=1S/C15H21F2N/c1-15(8-4-3-5-9-15)14(18-2)12-7-6-11(16)10-13(12)17/h6-7,10,14,18H,3-5,8-9H2,1-2H3. The molecule has 0 aliphatic heterocycles. The van der Waals surface area contributed by atoms with Gasteiger partial charge in [0.25, 0.3) is 0 Å². The van der Waals surface area contributed by atoms with Gasteiger partial charge in [-0.3, -0.25) is 0 Å². The number of hydrogen-bond acceptors (Lipinski definition) is 1. The van der Waals surface area contributed by atoms with Crippen LogP contribution < -0.4 is 5.32 Å². The van der Waals surface area contributed by atoms with Crippen molar-refractivity contribution in [2.45, 2.75) is 45.1 Å². The van der Waals surface area contributed by atoms with Gasteiger partial charge in [-0.2, -0.15) is 0 Å². The lowest BCUT2D eigenvalue weighted by Crippen LogP contribution is -2.36. The van der Waals surface area contributed by atoms with Crippen LogP contribution in [0.4, 0.5) is 8.78 Å². The molecule has 100 valence electrons. The van der Waals surface area contributed by atoms with Gasteiger partial charge >= 0.3 is 0 Å². The van der Waals surface area contributed by atoms with E-state index in [1.807, 2.05) is 7.05 Å². The Morgan fingerprint density at radius 2 is 1.83 bits per heavy atom. The van der Waals surface area contributed by atoms with Gasteiger partial charge in [0, 0.05) is 17.7 Å². The molecule has 2 rings (SSSR count). The average Bonchev–Trinajstić information content (AvgIpc) is 2.33. The maximum absolute atomic E-state index is 13.9. The Hall–Kier alpha value is -0.960. The summed E-state index contributed by atoms with van der Waals surface area (Å²) in [6.07, 6.45) is 5.83. The lowest BCUT2D eigenvalue weighted by molar-refractivity contribution is 0.147. The summed E-state index contributed by atoms with van der Waals surface area (Å²) in [6.45, 7) is 2.20. The number of halogens is 2. The highest BCUT2D eigenvalue weighted by atomic mass is 19.1. The van der Waals surface area contributed by atoms with Crippen molar-refractivity contribution in [1.82, 2.24) is 5.32 Å². The Morgan fingerprint density at radius 3 is 2.39 bits per heavy atom. The van der Waals surface area contributed by atoms with E-state index in [9.17, 15) is 8.78 Å². The second kappa shape index (κ2) is 5.35. The summed E-state index contributed by atoms with van der Waals surface area (Å²) in [5.74, 6) is -0.957. The quantitative estimate of drug-likeness (QED) is 0.851. The number of rotatable bonds is 3. The van der Waals surface area contributed by atoms with E-state index in [0.717, 1.165) is 18.9 Å². The zero-order chi connectivity index (χ0) is 13.2. The van der Waals surface area contributed by atoms with Crippen LogP contribution in [0, 0.1) is 17.0 Å². The van der Waals surface area contributed by atoms with Crippen LogP contribution in [0.3, 0.4) is 0 Å². The summed E-state index contributed by atoms with van der Waals surface area (Å²) in [5, 5.41) is 3.23. The summed E-state index contributed by atoms with van der Waals surface area (Å²) in [6, 6.07) is 3.85. The number of nitrogens with one attached hydrogen (secondary N) is 1. The van der Waals surface area contributed by atoms with Crippen molar-refractivity contribution in [1.29, 1.82) is 0 Å². The Kier molecular flexibility index (Phi) is 4.00. The molecule has 0 spiro atoms. The summed E-state index contributed by atoms with van der Waals surface area (Å²) in [5.41, 5.74) is 0.648. The van der Waals surface area contributed by atoms with Gasteiger partial charge in [-0.1, -0.05) is 32.3 Å². The van der Waals surface area contributed by atoms with Crippen molar-refractivity contribution in [2.75, 3.05) is 7.05 Å². The van der Waals surface area contributed by atoms with Crippen LogP contribution in [0.2, 0.25) is 0 Å². The molecule has 0 aromatic heterocycles. The van der Waals surface area contributed by atoms with E-state index < -0.39 is 11.6 Å². The molecule has 1 aromatic carbocycles. The first-order valence-corrected chi connectivity index (χ1v) is 6.69. The minimum Gasteiger partial charge on any atom is -0.312 e. The SMILES string of the molecule is CNC(c1ccc(F)cc1F)C1(C)CCCCC1. The van der Waals surface area contributed by atoms with E-state index in [0.29, 0.717) is 5.56 Å². The first-order chi connectivity index (χ1) is 8.57. The number of hydrogen-bond donors (Lipinski definition) is 1. The van der Waals surface area contributed by atoms with Gasteiger partial charge in [0.05, 0.1) is 0 Å². The summed E-state index contributed by atoms with van der Waals surface area (Å²) >= 11 is 0. The van der Waals surface area contributed by atoms with Crippen LogP contribution in [0.1, 0.15) is 50.6 Å². The Bertz CT molecular complexity index is 411. The van der Waals surface area contributed by atoms with E-state index in [1.54, 1.807) is 6.07 Å².